The highest BCUT2D eigenvalue weighted by molar-refractivity contribution is 6.31. The van der Waals surface area contributed by atoms with Crippen molar-refractivity contribution in [3.63, 3.8) is 0 Å². The Morgan fingerprint density at radius 1 is 0.943 bits per heavy atom. The number of nitrogens with one attached hydrogen (secondary N) is 1. The fraction of sp³-hybridized carbons (Fsp3) is 0.296. The molecule has 0 aliphatic heterocycles. The average molecular weight is 506 g/mol. The molecule has 8 heteroatoms. The Hall–Kier alpha value is -3.19. The van der Waals surface area contributed by atoms with Crippen molar-refractivity contribution in [2.24, 2.45) is 0 Å². The van der Waals surface area contributed by atoms with Crippen molar-refractivity contribution in [3.8, 4) is 11.5 Å². The van der Waals surface area contributed by atoms with E-state index in [1.807, 2.05) is 31.2 Å². The van der Waals surface area contributed by atoms with Crippen LogP contribution in [0.5, 0.6) is 11.5 Å². The Kier molecular flexibility index (Phi) is 8.00. The van der Waals surface area contributed by atoms with Crippen LogP contribution in [0.4, 0.5) is 18.9 Å². The van der Waals surface area contributed by atoms with Crippen LogP contribution >= 0.6 is 11.6 Å². The zero-order chi connectivity index (χ0) is 25.8. The van der Waals surface area contributed by atoms with Gasteiger partial charge in [-0.15, -0.1) is 0 Å². The van der Waals surface area contributed by atoms with Crippen LogP contribution in [0.1, 0.15) is 54.7 Å². The van der Waals surface area contributed by atoms with E-state index in [1.54, 1.807) is 18.2 Å². The lowest BCUT2D eigenvalue weighted by atomic mass is 9.87. The van der Waals surface area contributed by atoms with Crippen molar-refractivity contribution < 1.29 is 27.4 Å². The van der Waals surface area contributed by atoms with Gasteiger partial charge in [0.2, 0.25) is 0 Å². The van der Waals surface area contributed by atoms with Crippen molar-refractivity contribution >= 4 is 23.2 Å². The highest BCUT2D eigenvalue weighted by Crippen LogP contribution is 2.36. The van der Waals surface area contributed by atoms with E-state index in [-0.39, 0.29) is 23.3 Å². The van der Waals surface area contributed by atoms with Gasteiger partial charge in [0.15, 0.2) is 0 Å². The predicted octanol–water partition coefficient (Wildman–Crippen LogP) is 7.89. The van der Waals surface area contributed by atoms with Gasteiger partial charge in [-0.3, -0.25) is 4.79 Å². The number of hydrogen-bond donors (Lipinski definition) is 1. The van der Waals surface area contributed by atoms with Gasteiger partial charge in [0, 0.05) is 16.8 Å². The summed E-state index contributed by atoms with van der Waals surface area (Å²) in [5.41, 5.74) is 1.04. The van der Waals surface area contributed by atoms with Crippen LogP contribution in [0, 0.1) is 0 Å². The maximum absolute atomic E-state index is 13.1. The molecule has 0 saturated carbocycles. The Bertz CT molecular complexity index is 1190. The highest BCUT2D eigenvalue weighted by Gasteiger charge is 2.33. The standard InChI is InChI=1S/C27H27ClF3NO3/c1-5-34-24-13-6-17(25(33)32-20-9-12-23(28)22(15-20)27(29,30)31)14-18(24)16-35-21-10-7-19(8-11-21)26(2,3)4/h6-15H,5,16H2,1-4H3,(H,32,33). The molecule has 0 radical (unpaired) electrons. The van der Waals surface area contributed by atoms with Crippen LogP contribution < -0.4 is 14.8 Å². The molecule has 3 aromatic carbocycles. The van der Waals surface area contributed by atoms with E-state index in [0.29, 0.717) is 23.7 Å². The van der Waals surface area contributed by atoms with E-state index in [4.69, 9.17) is 21.1 Å². The molecule has 186 valence electrons. The van der Waals surface area contributed by atoms with Crippen LogP contribution in [0.3, 0.4) is 0 Å². The van der Waals surface area contributed by atoms with Crippen LogP contribution in [-0.2, 0) is 18.2 Å². The molecule has 0 unspecified atom stereocenters. The molecule has 0 saturated heterocycles. The van der Waals surface area contributed by atoms with Crippen LogP contribution in [-0.4, -0.2) is 12.5 Å². The molecule has 3 aromatic rings. The van der Waals surface area contributed by atoms with Crippen molar-refractivity contribution in [1.29, 1.82) is 0 Å². The largest absolute Gasteiger partial charge is 0.493 e. The van der Waals surface area contributed by atoms with Crippen molar-refractivity contribution in [2.75, 3.05) is 11.9 Å². The van der Waals surface area contributed by atoms with Crippen molar-refractivity contribution in [3.05, 3.63) is 87.9 Å². The number of halogens is 4. The first-order valence-electron chi connectivity index (χ1n) is 11.1. The van der Waals surface area contributed by atoms with Gasteiger partial charge >= 0.3 is 6.18 Å². The van der Waals surface area contributed by atoms with E-state index in [0.717, 1.165) is 12.1 Å². The Morgan fingerprint density at radius 2 is 1.63 bits per heavy atom. The minimum atomic E-state index is -4.63. The van der Waals surface area contributed by atoms with E-state index in [2.05, 4.69) is 26.1 Å². The number of alkyl halides is 3. The third-order valence-corrected chi connectivity index (χ3v) is 5.60. The smallest absolute Gasteiger partial charge is 0.417 e. The SMILES string of the molecule is CCOc1ccc(C(=O)Nc2ccc(Cl)c(C(F)(F)F)c2)cc1COc1ccc(C(C)(C)C)cc1. The lowest BCUT2D eigenvalue weighted by molar-refractivity contribution is -0.137. The second kappa shape index (κ2) is 10.6. The summed E-state index contributed by atoms with van der Waals surface area (Å²) in [6, 6.07) is 15.8. The minimum absolute atomic E-state index is 0.0163. The minimum Gasteiger partial charge on any atom is -0.493 e. The fourth-order valence-electron chi connectivity index (χ4n) is 3.37. The molecular formula is C27H27ClF3NO3. The van der Waals surface area contributed by atoms with E-state index in [9.17, 15) is 18.0 Å². The first kappa shape index (κ1) is 26.4. The highest BCUT2D eigenvalue weighted by atomic mass is 35.5. The lowest BCUT2D eigenvalue weighted by Gasteiger charge is -2.19. The van der Waals surface area contributed by atoms with Gasteiger partial charge in [-0.05, 0) is 66.4 Å². The summed E-state index contributed by atoms with van der Waals surface area (Å²) in [7, 11) is 0. The average Bonchev–Trinajstić information content (AvgIpc) is 2.78. The van der Waals surface area contributed by atoms with Crippen LogP contribution in [0.2, 0.25) is 5.02 Å². The van der Waals surface area contributed by atoms with Gasteiger partial charge in [0.05, 0.1) is 17.2 Å². The number of carbonyl (C=O) groups excluding carboxylic acids is 1. The number of amides is 1. The molecule has 0 aliphatic carbocycles. The van der Waals surface area contributed by atoms with Crippen molar-refractivity contribution in [2.45, 2.75) is 45.9 Å². The van der Waals surface area contributed by atoms with Crippen LogP contribution in [0.25, 0.3) is 0 Å². The van der Waals surface area contributed by atoms with Gasteiger partial charge in [0.1, 0.15) is 18.1 Å². The summed E-state index contributed by atoms with van der Waals surface area (Å²) < 4.78 is 51.0. The maximum atomic E-state index is 13.1. The first-order chi connectivity index (χ1) is 16.4. The summed E-state index contributed by atoms with van der Waals surface area (Å²) in [5, 5.41) is 2.05. The molecule has 1 amide bonds. The summed E-state index contributed by atoms with van der Waals surface area (Å²) in [4.78, 5) is 12.8. The number of hydrogen-bond acceptors (Lipinski definition) is 3. The Balaban J connectivity index is 1.79. The van der Waals surface area contributed by atoms with Gasteiger partial charge < -0.3 is 14.8 Å². The molecule has 4 nitrogen and oxygen atoms in total. The third kappa shape index (κ3) is 6.92. The summed E-state index contributed by atoms with van der Waals surface area (Å²) in [6.07, 6.45) is -4.63. The topological polar surface area (TPSA) is 47.6 Å². The monoisotopic (exact) mass is 505 g/mol. The number of rotatable bonds is 7. The number of benzene rings is 3. The summed E-state index contributed by atoms with van der Waals surface area (Å²) in [6.45, 7) is 8.79. The zero-order valence-electron chi connectivity index (χ0n) is 19.9. The molecule has 0 fully saturated rings. The predicted molar refractivity (Wildman–Crippen MR) is 131 cm³/mol. The molecule has 0 heterocycles. The van der Waals surface area contributed by atoms with E-state index >= 15 is 0 Å². The number of anilines is 1. The van der Waals surface area contributed by atoms with Gasteiger partial charge in [-0.1, -0.05) is 44.5 Å². The molecule has 0 atom stereocenters. The molecule has 35 heavy (non-hydrogen) atoms. The first-order valence-corrected chi connectivity index (χ1v) is 11.4. The molecule has 0 aromatic heterocycles. The van der Waals surface area contributed by atoms with Crippen LogP contribution in [0.15, 0.2) is 60.7 Å². The number of ether oxygens (including phenoxy) is 2. The quantitative estimate of drug-likeness (QED) is 0.355. The molecule has 3 rings (SSSR count). The van der Waals surface area contributed by atoms with E-state index < -0.39 is 22.7 Å². The normalized spacial score (nSPS) is 11.8. The zero-order valence-corrected chi connectivity index (χ0v) is 20.7. The molecule has 0 bridgehead atoms. The third-order valence-electron chi connectivity index (χ3n) is 5.27. The second-order valence-corrected chi connectivity index (χ2v) is 9.37. The summed E-state index contributed by atoms with van der Waals surface area (Å²) >= 11 is 5.66. The Morgan fingerprint density at radius 3 is 2.23 bits per heavy atom. The summed E-state index contributed by atoms with van der Waals surface area (Å²) in [5.74, 6) is 0.650. The van der Waals surface area contributed by atoms with E-state index in [1.165, 1.54) is 11.6 Å². The Labute approximate surface area is 208 Å². The molecule has 1 N–H and O–H groups in total. The molecular weight excluding hydrogens is 479 g/mol. The van der Waals surface area contributed by atoms with Gasteiger partial charge in [0.25, 0.3) is 5.91 Å². The molecule has 0 spiro atoms. The van der Waals surface area contributed by atoms with Crippen molar-refractivity contribution in [1.82, 2.24) is 0 Å². The number of carbonyl (C=O) groups is 1. The second-order valence-electron chi connectivity index (χ2n) is 8.97. The van der Waals surface area contributed by atoms with Gasteiger partial charge in [-0.2, -0.15) is 13.2 Å². The lowest BCUT2D eigenvalue weighted by Crippen LogP contribution is -2.14. The molecule has 0 aliphatic rings. The maximum Gasteiger partial charge on any atom is 0.417 e. The van der Waals surface area contributed by atoms with Gasteiger partial charge in [-0.25, -0.2) is 0 Å². The fourth-order valence-corrected chi connectivity index (χ4v) is 3.59.